The molecule has 1 aromatic rings. The highest BCUT2D eigenvalue weighted by Gasteiger charge is 2.27. The molecule has 0 aromatic heterocycles. The Hall–Kier alpha value is -1.59. The first-order valence-corrected chi connectivity index (χ1v) is 8.32. The zero-order chi connectivity index (χ0) is 16.8. The summed E-state index contributed by atoms with van der Waals surface area (Å²) in [5.41, 5.74) is 0.603. The van der Waals surface area contributed by atoms with E-state index in [4.69, 9.17) is 11.6 Å². The summed E-state index contributed by atoms with van der Waals surface area (Å²) in [7, 11) is 3.96. The van der Waals surface area contributed by atoms with E-state index in [2.05, 4.69) is 5.32 Å². The predicted molar refractivity (Wildman–Crippen MR) is 91.6 cm³/mol. The maximum atomic E-state index is 12.4. The number of halogens is 1. The number of carbonyl (C=O) groups is 2. The van der Waals surface area contributed by atoms with Gasteiger partial charge in [0.25, 0.3) is 5.91 Å². The van der Waals surface area contributed by atoms with Gasteiger partial charge in [-0.25, -0.2) is 0 Å². The third-order valence-corrected chi connectivity index (χ3v) is 4.32. The first-order valence-electron chi connectivity index (χ1n) is 7.94. The van der Waals surface area contributed by atoms with Crippen molar-refractivity contribution in [1.82, 2.24) is 15.1 Å². The van der Waals surface area contributed by atoms with E-state index in [1.54, 1.807) is 29.2 Å². The lowest BCUT2D eigenvalue weighted by Crippen LogP contribution is -2.44. The molecule has 23 heavy (non-hydrogen) atoms. The summed E-state index contributed by atoms with van der Waals surface area (Å²) < 4.78 is 0. The van der Waals surface area contributed by atoms with Crippen LogP contribution in [0.5, 0.6) is 0 Å². The summed E-state index contributed by atoms with van der Waals surface area (Å²) in [4.78, 5) is 28.4. The Kier molecular flexibility index (Phi) is 6.42. The van der Waals surface area contributed by atoms with Crippen molar-refractivity contribution in [2.45, 2.75) is 12.8 Å². The van der Waals surface area contributed by atoms with E-state index in [-0.39, 0.29) is 17.7 Å². The van der Waals surface area contributed by atoms with E-state index >= 15 is 0 Å². The molecule has 0 bridgehead atoms. The van der Waals surface area contributed by atoms with Gasteiger partial charge in [0.15, 0.2) is 0 Å². The smallest absolute Gasteiger partial charge is 0.253 e. The second-order valence-corrected chi connectivity index (χ2v) is 6.61. The van der Waals surface area contributed by atoms with Gasteiger partial charge in [0, 0.05) is 42.7 Å². The molecular formula is C17H24ClN3O2. The van der Waals surface area contributed by atoms with Crippen molar-refractivity contribution >= 4 is 23.4 Å². The molecule has 126 valence electrons. The molecule has 0 spiro atoms. The number of benzene rings is 1. The number of rotatable bonds is 5. The Balaban J connectivity index is 1.81. The maximum Gasteiger partial charge on any atom is 0.253 e. The van der Waals surface area contributed by atoms with E-state index in [1.165, 1.54) is 0 Å². The van der Waals surface area contributed by atoms with Gasteiger partial charge < -0.3 is 15.1 Å². The molecule has 0 aliphatic carbocycles. The average Bonchev–Trinajstić information content (AvgIpc) is 2.54. The van der Waals surface area contributed by atoms with Crippen molar-refractivity contribution in [2.24, 2.45) is 5.92 Å². The number of piperidine rings is 1. The molecule has 1 aliphatic heterocycles. The van der Waals surface area contributed by atoms with Gasteiger partial charge in [0.1, 0.15) is 0 Å². The van der Waals surface area contributed by atoms with Crippen LogP contribution in [0.1, 0.15) is 23.2 Å². The van der Waals surface area contributed by atoms with Crippen molar-refractivity contribution in [3.63, 3.8) is 0 Å². The maximum absolute atomic E-state index is 12.4. The molecule has 0 saturated carbocycles. The number of hydrogen-bond donors (Lipinski definition) is 1. The van der Waals surface area contributed by atoms with Gasteiger partial charge in [0.05, 0.1) is 0 Å². The Labute approximate surface area is 142 Å². The zero-order valence-electron chi connectivity index (χ0n) is 13.7. The standard InChI is InChI=1S/C17H24ClN3O2/c1-20(2)11-8-19-16(22)13-6-9-21(10-7-13)17(23)14-4-3-5-15(18)12-14/h3-5,12-13H,6-11H2,1-2H3,(H,19,22). The summed E-state index contributed by atoms with van der Waals surface area (Å²) in [5, 5.41) is 3.53. The lowest BCUT2D eigenvalue weighted by molar-refractivity contribution is -0.126. The first kappa shape index (κ1) is 17.8. The fraction of sp³-hybridized carbons (Fsp3) is 0.529. The molecular weight excluding hydrogens is 314 g/mol. The van der Waals surface area contributed by atoms with Crippen LogP contribution in [0.15, 0.2) is 24.3 Å². The van der Waals surface area contributed by atoms with E-state index in [1.807, 2.05) is 19.0 Å². The number of likely N-dealkylation sites (N-methyl/N-ethyl adjacent to an activating group) is 1. The molecule has 0 atom stereocenters. The van der Waals surface area contributed by atoms with E-state index < -0.39 is 0 Å². The Bertz CT molecular complexity index is 555. The van der Waals surface area contributed by atoms with Crippen LogP contribution >= 0.6 is 11.6 Å². The van der Waals surface area contributed by atoms with Crippen LogP contribution in [-0.4, -0.2) is 61.9 Å². The molecule has 1 N–H and O–H groups in total. The summed E-state index contributed by atoms with van der Waals surface area (Å²) >= 11 is 5.94. The van der Waals surface area contributed by atoms with Crippen molar-refractivity contribution in [2.75, 3.05) is 40.3 Å². The van der Waals surface area contributed by atoms with Crippen molar-refractivity contribution < 1.29 is 9.59 Å². The molecule has 2 rings (SSSR count). The Morgan fingerprint density at radius 2 is 2.00 bits per heavy atom. The van der Waals surface area contributed by atoms with Crippen molar-refractivity contribution in [3.05, 3.63) is 34.9 Å². The SMILES string of the molecule is CN(C)CCNC(=O)C1CCN(C(=O)c2cccc(Cl)c2)CC1. The van der Waals surface area contributed by atoms with Crippen LogP contribution in [0.2, 0.25) is 5.02 Å². The third-order valence-electron chi connectivity index (χ3n) is 4.08. The third kappa shape index (κ3) is 5.22. The molecule has 1 aliphatic rings. The van der Waals surface area contributed by atoms with Crippen LogP contribution < -0.4 is 5.32 Å². The molecule has 1 fully saturated rings. The number of hydrogen-bond acceptors (Lipinski definition) is 3. The van der Waals surface area contributed by atoms with Gasteiger partial charge in [-0.3, -0.25) is 9.59 Å². The summed E-state index contributed by atoms with van der Waals surface area (Å²) in [5.74, 6) is 0.0845. The average molecular weight is 338 g/mol. The van der Waals surface area contributed by atoms with Crippen LogP contribution in [0, 0.1) is 5.92 Å². The highest BCUT2D eigenvalue weighted by atomic mass is 35.5. The predicted octanol–water partition coefficient (Wildman–Crippen LogP) is 1.87. The topological polar surface area (TPSA) is 52.7 Å². The molecule has 2 amide bonds. The lowest BCUT2D eigenvalue weighted by Gasteiger charge is -2.31. The second-order valence-electron chi connectivity index (χ2n) is 6.17. The number of amides is 2. The van der Waals surface area contributed by atoms with Crippen LogP contribution in [0.25, 0.3) is 0 Å². The largest absolute Gasteiger partial charge is 0.355 e. The van der Waals surface area contributed by atoms with E-state index in [0.717, 1.165) is 6.54 Å². The second kappa shape index (κ2) is 8.31. The fourth-order valence-electron chi connectivity index (χ4n) is 2.70. The van der Waals surface area contributed by atoms with Crippen LogP contribution in [-0.2, 0) is 4.79 Å². The van der Waals surface area contributed by atoms with Crippen molar-refractivity contribution in [3.8, 4) is 0 Å². The highest BCUT2D eigenvalue weighted by molar-refractivity contribution is 6.30. The minimum Gasteiger partial charge on any atom is -0.355 e. The van der Waals surface area contributed by atoms with Gasteiger partial charge in [-0.05, 0) is 45.1 Å². The minimum absolute atomic E-state index is 0.000531. The normalized spacial score (nSPS) is 15.7. The summed E-state index contributed by atoms with van der Waals surface area (Å²) in [6.07, 6.45) is 1.42. The molecule has 0 unspecified atom stereocenters. The van der Waals surface area contributed by atoms with E-state index in [9.17, 15) is 9.59 Å². The lowest BCUT2D eigenvalue weighted by atomic mass is 9.95. The molecule has 0 radical (unpaired) electrons. The molecule has 6 heteroatoms. The first-order chi connectivity index (χ1) is 11.0. The van der Waals surface area contributed by atoms with E-state index in [0.29, 0.717) is 43.1 Å². The number of nitrogens with one attached hydrogen (secondary N) is 1. The summed E-state index contributed by atoms with van der Waals surface area (Å²) in [6, 6.07) is 6.99. The van der Waals surface area contributed by atoms with Crippen molar-refractivity contribution in [1.29, 1.82) is 0 Å². The molecule has 1 heterocycles. The monoisotopic (exact) mass is 337 g/mol. The zero-order valence-corrected chi connectivity index (χ0v) is 14.5. The van der Waals surface area contributed by atoms with Gasteiger partial charge in [-0.15, -0.1) is 0 Å². The fourth-order valence-corrected chi connectivity index (χ4v) is 2.89. The van der Waals surface area contributed by atoms with Crippen LogP contribution in [0.4, 0.5) is 0 Å². The Morgan fingerprint density at radius 3 is 2.61 bits per heavy atom. The quantitative estimate of drug-likeness (QED) is 0.892. The minimum atomic E-state index is -0.0148. The number of carbonyl (C=O) groups excluding carboxylic acids is 2. The molecule has 1 aromatic carbocycles. The highest BCUT2D eigenvalue weighted by Crippen LogP contribution is 2.20. The van der Waals surface area contributed by atoms with Gasteiger partial charge in [-0.2, -0.15) is 0 Å². The van der Waals surface area contributed by atoms with Gasteiger partial charge in [0.2, 0.25) is 5.91 Å². The van der Waals surface area contributed by atoms with Gasteiger partial charge >= 0.3 is 0 Å². The number of nitrogens with zero attached hydrogens (tertiary/aromatic N) is 2. The van der Waals surface area contributed by atoms with Crippen LogP contribution in [0.3, 0.4) is 0 Å². The van der Waals surface area contributed by atoms with Gasteiger partial charge in [-0.1, -0.05) is 17.7 Å². The molecule has 5 nitrogen and oxygen atoms in total. The number of likely N-dealkylation sites (tertiary alicyclic amines) is 1. The Morgan fingerprint density at radius 1 is 1.30 bits per heavy atom. The summed E-state index contributed by atoms with van der Waals surface area (Å²) in [6.45, 7) is 2.71. The molecule has 1 saturated heterocycles.